The molecule has 0 amide bonds. The van der Waals surface area contributed by atoms with Crippen molar-refractivity contribution in [3.8, 4) is 5.75 Å². The van der Waals surface area contributed by atoms with Crippen molar-refractivity contribution in [1.29, 1.82) is 0 Å². The molecule has 0 aromatic heterocycles. The van der Waals surface area contributed by atoms with Crippen LogP contribution in [0, 0.1) is 13.8 Å². The second kappa shape index (κ2) is 3.79. The Balaban J connectivity index is 2.99. The van der Waals surface area contributed by atoms with Gasteiger partial charge in [0.1, 0.15) is 5.75 Å². The molecular weight excluding hydrogens is 164 g/mol. The van der Waals surface area contributed by atoms with Crippen LogP contribution in [0.25, 0.3) is 0 Å². The van der Waals surface area contributed by atoms with Crippen molar-refractivity contribution < 1.29 is 10.2 Å². The summed E-state index contributed by atoms with van der Waals surface area (Å²) in [5.41, 5.74) is 2.81. The first-order chi connectivity index (χ1) is 6.00. The number of aliphatic hydroxyl groups excluding tert-OH is 1. The van der Waals surface area contributed by atoms with E-state index >= 15 is 0 Å². The van der Waals surface area contributed by atoms with E-state index in [-0.39, 0.29) is 6.10 Å². The first-order valence-electron chi connectivity index (χ1n) is 4.48. The Morgan fingerprint density at radius 1 is 1.23 bits per heavy atom. The van der Waals surface area contributed by atoms with Gasteiger partial charge >= 0.3 is 0 Å². The highest BCUT2D eigenvalue weighted by atomic mass is 16.3. The summed E-state index contributed by atoms with van der Waals surface area (Å²) in [6.45, 7) is 5.50. The minimum absolute atomic E-state index is 0.330. The Kier molecular flexibility index (Phi) is 2.94. The maximum atomic E-state index is 9.50. The van der Waals surface area contributed by atoms with Gasteiger partial charge in [0.15, 0.2) is 0 Å². The van der Waals surface area contributed by atoms with Crippen LogP contribution in [-0.4, -0.2) is 16.3 Å². The van der Waals surface area contributed by atoms with Gasteiger partial charge in [-0.2, -0.15) is 0 Å². The van der Waals surface area contributed by atoms with Crippen molar-refractivity contribution in [2.24, 2.45) is 0 Å². The van der Waals surface area contributed by atoms with Gasteiger partial charge in [0, 0.05) is 0 Å². The first-order valence-corrected chi connectivity index (χ1v) is 4.48. The van der Waals surface area contributed by atoms with E-state index in [1.54, 1.807) is 6.92 Å². The molecule has 1 rings (SSSR count). The average Bonchev–Trinajstić information content (AvgIpc) is 1.98. The summed E-state index contributed by atoms with van der Waals surface area (Å²) >= 11 is 0. The van der Waals surface area contributed by atoms with Crippen LogP contribution in [0.1, 0.15) is 23.6 Å². The SMILES string of the molecule is Cc1cc(C[C@H](C)O)cc(C)c1O. The van der Waals surface area contributed by atoms with E-state index in [2.05, 4.69) is 0 Å². The summed E-state index contributed by atoms with van der Waals surface area (Å²) in [6, 6.07) is 3.82. The van der Waals surface area contributed by atoms with Crippen LogP contribution >= 0.6 is 0 Å². The lowest BCUT2D eigenvalue weighted by Gasteiger charge is -2.09. The molecule has 2 heteroatoms. The maximum absolute atomic E-state index is 9.50. The summed E-state index contributed by atoms with van der Waals surface area (Å²) in [5.74, 6) is 0.356. The number of phenols is 1. The Bertz CT molecular complexity index is 280. The van der Waals surface area contributed by atoms with Crippen LogP contribution in [0.4, 0.5) is 0 Å². The molecule has 1 aromatic rings. The van der Waals surface area contributed by atoms with Crippen LogP contribution in [0.5, 0.6) is 5.75 Å². The molecule has 13 heavy (non-hydrogen) atoms. The molecule has 0 unspecified atom stereocenters. The van der Waals surface area contributed by atoms with E-state index in [4.69, 9.17) is 0 Å². The zero-order chi connectivity index (χ0) is 10.0. The molecule has 0 radical (unpaired) electrons. The highest BCUT2D eigenvalue weighted by Crippen LogP contribution is 2.23. The lowest BCUT2D eigenvalue weighted by Crippen LogP contribution is -2.04. The predicted octanol–water partition coefficient (Wildman–Crippen LogP) is 1.93. The quantitative estimate of drug-likeness (QED) is 0.730. The van der Waals surface area contributed by atoms with Gasteiger partial charge in [0.05, 0.1) is 6.10 Å². The maximum Gasteiger partial charge on any atom is 0.121 e. The number of rotatable bonds is 2. The molecule has 0 aliphatic carbocycles. The minimum atomic E-state index is -0.330. The third-order valence-electron chi connectivity index (χ3n) is 2.08. The molecule has 0 aliphatic rings. The smallest absolute Gasteiger partial charge is 0.121 e. The standard InChI is InChI=1S/C11H16O2/c1-7-4-10(6-9(3)12)5-8(2)11(7)13/h4-5,9,12-13H,6H2,1-3H3/t9-/m0/s1. The number of benzene rings is 1. The molecule has 2 nitrogen and oxygen atoms in total. The molecule has 0 saturated heterocycles. The molecule has 1 atom stereocenters. The van der Waals surface area contributed by atoms with Crippen LogP contribution in [0.3, 0.4) is 0 Å². The van der Waals surface area contributed by atoms with Crippen LogP contribution in [0.2, 0.25) is 0 Å². The number of aliphatic hydroxyl groups is 1. The van der Waals surface area contributed by atoms with Crippen LogP contribution in [0.15, 0.2) is 12.1 Å². The van der Waals surface area contributed by atoms with Gasteiger partial charge in [-0.15, -0.1) is 0 Å². The number of hydrogen-bond donors (Lipinski definition) is 2. The zero-order valence-electron chi connectivity index (χ0n) is 8.33. The van der Waals surface area contributed by atoms with Crippen molar-refractivity contribution in [3.05, 3.63) is 28.8 Å². The van der Waals surface area contributed by atoms with Gasteiger partial charge in [-0.3, -0.25) is 0 Å². The monoisotopic (exact) mass is 180 g/mol. The molecule has 0 fully saturated rings. The van der Waals surface area contributed by atoms with Gasteiger partial charge in [-0.1, -0.05) is 12.1 Å². The summed E-state index contributed by atoms with van der Waals surface area (Å²) in [6.07, 6.45) is 0.311. The molecular formula is C11H16O2. The zero-order valence-corrected chi connectivity index (χ0v) is 8.33. The van der Waals surface area contributed by atoms with E-state index in [0.717, 1.165) is 16.7 Å². The molecule has 0 bridgehead atoms. The largest absolute Gasteiger partial charge is 0.507 e. The molecule has 1 aromatic carbocycles. The Morgan fingerprint density at radius 2 is 1.69 bits per heavy atom. The second-order valence-corrected chi connectivity index (χ2v) is 3.63. The normalized spacial score (nSPS) is 12.9. The van der Waals surface area contributed by atoms with Crippen molar-refractivity contribution in [3.63, 3.8) is 0 Å². The van der Waals surface area contributed by atoms with E-state index in [0.29, 0.717) is 12.2 Å². The van der Waals surface area contributed by atoms with Crippen molar-refractivity contribution in [1.82, 2.24) is 0 Å². The lowest BCUT2D eigenvalue weighted by molar-refractivity contribution is 0.195. The summed E-state index contributed by atoms with van der Waals surface area (Å²) in [7, 11) is 0. The molecule has 0 aliphatic heterocycles. The topological polar surface area (TPSA) is 40.5 Å². The van der Waals surface area contributed by atoms with Crippen molar-refractivity contribution >= 4 is 0 Å². The third-order valence-corrected chi connectivity index (χ3v) is 2.08. The van der Waals surface area contributed by atoms with Gasteiger partial charge in [0.2, 0.25) is 0 Å². The third kappa shape index (κ3) is 2.46. The van der Waals surface area contributed by atoms with Gasteiger partial charge in [-0.05, 0) is 43.9 Å². The summed E-state index contributed by atoms with van der Waals surface area (Å²) in [4.78, 5) is 0. The number of aromatic hydroxyl groups is 1. The lowest BCUT2D eigenvalue weighted by atomic mass is 10.0. The van der Waals surface area contributed by atoms with Crippen LogP contribution in [-0.2, 0) is 6.42 Å². The van der Waals surface area contributed by atoms with Crippen molar-refractivity contribution in [2.45, 2.75) is 33.3 Å². The number of hydrogen-bond acceptors (Lipinski definition) is 2. The highest BCUT2D eigenvalue weighted by Gasteiger charge is 2.05. The minimum Gasteiger partial charge on any atom is -0.507 e. The Hall–Kier alpha value is -1.02. The fraction of sp³-hybridized carbons (Fsp3) is 0.455. The highest BCUT2D eigenvalue weighted by molar-refractivity contribution is 5.42. The molecule has 0 heterocycles. The summed E-state index contributed by atoms with van der Waals surface area (Å²) in [5, 5.41) is 18.7. The first kappa shape index (κ1) is 10.1. The van der Waals surface area contributed by atoms with E-state index < -0.39 is 0 Å². The van der Waals surface area contributed by atoms with Gasteiger partial charge in [-0.25, -0.2) is 0 Å². The van der Waals surface area contributed by atoms with Gasteiger partial charge < -0.3 is 10.2 Å². The Morgan fingerprint density at radius 3 is 2.08 bits per heavy atom. The van der Waals surface area contributed by atoms with Crippen LogP contribution < -0.4 is 0 Å². The number of phenolic OH excluding ortho intramolecular Hbond substituents is 1. The van der Waals surface area contributed by atoms with E-state index in [1.807, 2.05) is 26.0 Å². The Labute approximate surface area is 78.8 Å². The van der Waals surface area contributed by atoms with E-state index in [9.17, 15) is 10.2 Å². The molecule has 2 N–H and O–H groups in total. The molecule has 0 spiro atoms. The fourth-order valence-electron chi connectivity index (χ4n) is 1.50. The second-order valence-electron chi connectivity index (χ2n) is 3.63. The predicted molar refractivity (Wildman–Crippen MR) is 53.0 cm³/mol. The fourth-order valence-corrected chi connectivity index (χ4v) is 1.50. The number of aryl methyl sites for hydroxylation is 2. The molecule has 0 saturated carbocycles. The average molecular weight is 180 g/mol. The van der Waals surface area contributed by atoms with Crippen molar-refractivity contribution in [2.75, 3.05) is 0 Å². The molecule has 72 valence electrons. The van der Waals surface area contributed by atoms with E-state index in [1.165, 1.54) is 0 Å². The summed E-state index contributed by atoms with van der Waals surface area (Å²) < 4.78 is 0. The van der Waals surface area contributed by atoms with Gasteiger partial charge in [0.25, 0.3) is 0 Å².